The highest BCUT2D eigenvalue weighted by molar-refractivity contribution is 6.32. The molecule has 3 rings (SSSR count). The van der Waals surface area contributed by atoms with Gasteiger partial charge in [-0.3, -0.25) is 9.78 Å². The number of pyridine rings is 1. The summed E-state index contributed by atoms with van der Waals surface area (Å²) in [6.45, 7) is 1.67. The minimum Gasteiger partial charge on any atom is -0.476 e. The fourth-order valence-electron chi connectivity index (χ4n) is 3.63. The van der Waals surface area contributed by atoms with Gasteiger partial charge in [-0.25, -0.2) is 9.18 Å². The third-order valence-electron chi connectivity index (χ3n) is 5.30. The number of ether oxygens (including phenoxy) is 2. The van der Waals surface area contributed by atoms with Crippen molar-refractivity contribution >= 4 is 29.2 Å². The molecule has 6 nitrogen and oxygen atoms in total. The maximum atomic E-state index is 15.2. The molecule has 0 fully saturated rings. The first-order valence-corrected chi connectivity index (χ1v) is 10.9. The Morgan fingerprint density at radius 1 is 1.30 bits per heavy atom. The van der Waals surface area contributed by atoms with Gasteiger partial charge >= 0.3 is 5.97 Å². The average molecular weight is 471 g/mol. The van der Waals surface area contributed by atoms with Crippen molar-refractivity contribution in [3.63, 3.8) is 0 Å². The van der Waals surface area contributed by atoms with Crippen LogP contribution in [0.3, 0.4) is 0 Å². The Hall–Kier alpha value is -3.37. The van der Waals surface area contributed by atoms with E-state index in [0.29, 0.717) is 29.6 Å². The lowest BCUT2D eigenvalue weighted by Crippen LogP contribution is -2.34. The van der Waals surface area contributed by atoms with Gasteiger partial charge in [0.1, 0.15) is 11.6 Å². The number of esters is 1. The lowest BCUT2D eigenvalue weighted by Gasteiger charge is -2.28. The van der Waals surface area contributed by atoms with Crippen molar-refractivity contribution in [2.24, 2.45) is 0 Å². The number of rotatable bonds is 7. The topological polar surface area (TPSA) is 68.7 Å². The molecule has 1 heterocycles. The van der Waals surface area contributed by atoms with Gasteiger partial charge in [0.15, 0.2) is 6.10 Å². The molecule has 0 radical (unpaired) electrons. The highest BCUT2D eigenvalue weighted by Crippen LogP contribution is 2.36. The van der Waals surface area contributed by atoms with Crippen LogP contribution in [0, 0.1) is 18.2 Å². The molecule has 0 saturated carbocycles. The lowest BCUT2D eigenvalue weighted by molar-refractivity contribution is -0.136. The smallest absolute Gasteiger partial charge is 0.334 e. The van der Waals surface area contributed by atoms with Crippen LogP contribution in [0.25, 0.3) is 0 Å². The summed E-state index contributed by atoms with van der Waals surface area (Å²) in [7, 11) is 1.27. The second kappa shape index (κ2) is 11.0. The molecule has 1 amide bonds. The van der Waals surface area contributed by atoms with Crippen molar-refractivity contribution in [3.05, 3.63) is 64.2 Å². The number of nitrogens with zero attached hydrogens (tertiary/aromatic N) is 2. The largest absolute Gasteiger partial charge is 0.476 e. The quantitative estimate of drug-likeness (QED) is 0.427. The first kappa shape index (κ1) is 24.3. The normalized spacial score (nSPS) is 14.3. The molecule has 1 aromatic carbocycles. The number of amides is 1. The second-order valence-electron chi connectivity index (χ2n) is 7.57. The molecule has 0 N–H and O–H groups in total. The van der Waals surface area contributed by atoms with Gasteiger partial charge in [0, 0.05) is 29.6 Å². The van der Waals surface area contributed by atoms with Crippen LogP contribution in [0.5, 0.6) is 5.75 Å². The Morgan fingerprint density at radius 2 is 2.03 bits per heavy atom. The summed E-state index contributed by atoms with van der Waals surface area (Å²) in [5.41, 5.74) is 1.26. The van der Waals surface area contributed by atoms with Crippen LogP contribution in [-0.2, 0) is 20.9 Å². The molecular weight excluding hydrogens is 447 g/mol. The number of benzene rings is 1. The second-order valence-corrected chi connectivity index (χ2v) is 7.98. The van der Waals surface area contributed by atoms with Gasteiger partial charge in [-0.1, -0.05) is 23.6 Å². The summed E-state index contributed by atoms with van der Waals surface area (Å²) in [5.74, 6) is 0.811. The molecule has 0 aliphatic heterocycles. The Morgan fingerprint density at radius 3 is 2.67 bits per heavy atom. The predicted octanol–water partition coefficient (Wildman–Crippen LogP) is 4.85. The molecule has 1 aliphatic carbocycles. The van der Waals surface area contributed by atoms with E-state index < -0.39 is 23.8 Å². The maximum Gasteiger partial charge on any atom is 0.334 e. The molecule has 33 heavy (non-hydrogen) atoms. The van der Waals surface area contributed by atoms with Gasteiger partial charge in [-0.15, -0.1) is 6.42 Å². The number of hydrogen-bond acceptors (Lipinski definition) is 5. The van der Waals surface area contributed by atoms with Crippen LogP contribution >= 0.6 is 11.6 Å². The molecular formula is C25H24ClFN2O4. The number of halogens is 2. The molecule has 0 bridgehead atoms. The Labute approximate surface area is 197 Å². The molecule has 1 atom stereocenters. The summed E-state index contributed by atoms with van der Waals surface area (Å²) in [6.07, 6.45) is 10.3. The molecule has 1 aliphatic rings. The van der Waals surface area contributed by atoms with Crippen LogP contribution in [0.2, 0.25) is 5.02 Å². The number of terminal acetylenes is 1. The third-order valence-corrected chi connectivity index (χ3v) is 5.59. The van der Waals surface area contributed by atoms with E-state index in [9.17, 15) is 9.59 Å². The van der Waals surface area contributed by atoms with E-state index >= 15 is 4.39 Å². The lowest BCUT2D eigenvalue weighted by atomic mass is 9.90. The van der Waals surface area contributed by atoms with Gasteiger partial charge in [-0.2, -0.15) is 0 Å². The molecule has 2 aromatic rings. The summed E-state index contributed by atoms with van der Waals surface area (Å²) < 4.78 is 25.7. The van der Waals surface area contributed by atoms with Crippen LogP contribution in [-0.4, -0.2) is 30.1 Å². The van der Waals surface area contributed by atoms with Gasteiger partial charge in [-0.05, 0) is 50.3 Å². The zero-order chi connectivity index (χ0) is 24.0. The first-order valence-electron chi connectivity index (χ1n) is 10.5. The van der Waals surface area contributed by atoms with E-state index in [1.165, 1.54) is 18.1 Å². The maximum absolute atomic E-state index is 15.2. The fourth-order valence-corrected chi connectivity index (χ4v) is 3.83. The number of methoxy groups -OCH3 is 1. The van der Waals surface area contributed by atoms with Crippen molar-refractivity contribution < 1.29 is 23.5 Å². The zero-order valence-corrected chi connectivity index (χ0v) is 19.2. The number of anilines is 1. The molecule has 0 spiro atoms. The van der Waals surface area contributed by atoms with Crippen LogP contribution < -0.4 is 9.64 Å². The van der Waals surface area contributed by atoms with E-state index in [2.05, 4.69) is 10.9 Å². The Kier molecular flexibility index (Phi) is 8.07. The molecule has 1 unspecified atom stereocenters. The van der Waals surface area contributed by atoms with Crippen LogP contribution in [0.15, 0.2) is 47.8 Å². The van der Waals surface area contributed by atoms with Crippen LogP contribution in [0.1, 0.15) is 38.2 Å². The van der Waals surface area contributed by atoms with E-state index in [0.717, 1.165) is 18.9 Å². The summed E-state index contributed by atoms with van der Waals surface area (Å²) in [5, 5.41) is 0.0271. The van der Waals surface area contributed by atoms with Crippen molar-refractivity contribution in [1.29, 1.82) is 0 Å². The Bertz CT molecular complexity index is 1110. The first-order chi connectivity index (χ1) is 15.8. The van der Waals surface area contributed by atoms with Gasteiger partial charge < -0.3 is 14.4 Å². The number of carbonyl (C=O) groups excluding carboxylic acids is 2. The molecule has 8 heteroatoms. The number of hydrogen-bond donors (Lipinski definition) is 0. The van der Waals surface area contributed by atoms with Crippen LogP contribution in [0.4, 0.5) is 10.1 Å². The highest BCUT2D eigenvalue weighted by Gasteiger charge is 2.30. The minimum absolute atomic E-state index is 0.0211. The van der Waals surface area contributed by atoms with Crippen molar-refractivity contribution in [2.45, 2.75) is 45.3 Å². The minimum atomic E-state index is -0.714. The molecule has 1 aromatic heterocycles. The summed E-state index contributed by atoms with van der Waals surface area (Å²) in [6, 6.07) is 5.92. The van der Waals surface area contributed by atoms with Gasteiger partial charge in [0.05, 0.1) is 24.4 Å². The predicted molar refractivity (Wildman–Crippen MR) is 123 cm³/mol. The fraction of sp³-hybridized carbons (Fsp3) is 0.320. The number of aromatic nitrogens is 1. The van der Waals surface area contributed by atoms with E-state index in [1.54, 1.807) is 31.5 Å². The molecule has 172 valence electrons. The van der Waals surface area contributed by atoms with Gasteiger partial charge in [0.2, 0.25) is 0 Å². The van der Waals surface area contributed by atoms with Crippen molar-refractivity contribution in [3.8, 4) is 18.1 Å². The van der Waals surface area contributed by atoms with E-state index in [-0.39, 0.29) is 23.0 Å². The Balaban J connectivity index is 2.12. The highest BCUT2D eigenvalue weighted by atomic mass is 35.5. The number of carbonyl (C=O) groups is 2. The van der Waals surface area contributed by atoms with Crippen molar-refractivity contribution in [2.75, 3.05) is 12.0 Å². The SMILES string of the molecule is C#CC(C)Oc1cc(N(Cc2cccnc2)C(=O)C2=C(C(=O)OC)CCCC2)c(F)cc1Cl. The summed E-state index contributed by atoms with van der Waals surface area (Å²) >= 11 is 6.16. The van der Waals surface area contributed by atoms with Crippen molar-refractivity contribution in [1.82, 2.24) is 4.98 Å². The summed E-state index contributed by atoms with van der Waals surface area (Å²) in [4.78, 5) is 31.4. The zero-order valence-electron chi connectivity index (χ0n) is 18.4. The average Bonchev–Trinajstić information content (AvgIpc) is 2.84. The monoisotopic (exact) mass is 470 g/mol. The van der Waals surface area contributed by atoms with E-state index in [4.69, 9.17) is 27.5 Å². The van der Waals surface area contributed by atoms with E-state index in [1.807, 2.05) is 0 Å². The van der Waals surface area contributed by atoms with Gasteiger partial charge in [0.25, 0.3) is 5.91 Å². The standard InChI is InChI=1S/C25H24ClFN2O4/c1-4-16(2)33-23-13-22(21(27)12-20(23)26)29(15-17-8-7-11-28-14-17)24(30)18-9-5-6-10-19(18)25(31)32-3/h1,7-8,11-14,16H,5-6,9-10,15H2,2-3H3. The molecule has 0 saturated heterocycles. The third kappa shape index (κ3) is 5.71.